The van der Waals surface area contributed by atoms with Gasteiger partial charge in [-0.1, -0.05) is 43.7 Å². The largest absolute Gasteiger partial charge is 0.361 e. The van der Waals surface area contributed by atoms with Gasteiger partial charge in [0.2, 0.25) is 0 Å². The second-order valence-electron chi connectivity index (χ2n) is 3.61. The van der Waals surface area contributed by atoms with E-state index >= 15 is 0 Å². The molecular formula is C12H14O2. The normalized spacial score (nSPS) is 24.6. The molecule has 0 aliphatic carbocycles. The Hall–Kier alpha value is -1.15. The number of hydrogen-bond acceptors (Lipinski definition) is 2. The predicted octanol–water partition coefficient (Wildman–Crippen LogP) is 2.44. The number of epoxide rings is 1. The summed E-state index contributed by atoms with van der Waals surface area (Å²) >= 11 is 0. The lowest BCUT2D eigenvalue weighted by Crippen LogP contribution is -2.09. The molecule has 1 aliphatic rings. The van der Waals surface area contributed by atoms with Gasteiger partial charge in [-0.3, -0.25) is 4.79 Å². The van der Waals surface area contributed by atoms with E-state index in [0.29, 0.717) is 0 Å². The smallest absolute Gasteiger partial charge is 0.194 e. The molecule has 0 amide bonds. The Kier molecular flexibility index (Phi) is 2.64. The molecule has 14 heavy (non-hydrogen) atoms. The highest BCUT2D eigenvalue weighted by atomic mass is 16.6. The van der Waals surface area contributed by atoms with E-state index < -0.39 is 0 Å². The third-order valence-electron chi connectivity index (χ3n) is 2.47. The zero-order valence-electron chi connectivity index (χ0n) is 8.27. The summed E-state index contributed by atoms with van der Waals surface area (Å²) < 4.78 is 5.32. The topological polar surface area (TPSA) is 29.6 Å². The number of hydrogen-bond donors (Lipinski definition) is 0. The van der Waals surface area contributed by atoms with Crippen LogP contribution in [0.4, 0.5) is 0 Å². The lowest BCUT2D eigenvalue weighted by atomic mass is 10.1. The van der Waals surface area contributed by atoms with E-state index in [0.717, 1.165) is 18.4 Å². The molecule has 0 saturated carbocycles. The lowest BCUT2D eigenvalue weighted by Gasteiger charge is -1.95. The number of carbonyl (C=O) groups excluding carboxylic acids is 1. The fraction of sp³-hybridized carbons (Fsp3) is 0.417. The van der Waals surface area contributed by atoms with Crippen LogP contribution in [0.15, 0.2) is 30.3 Å². The van der Waals surface area contributed by atoms with E-state index in [9.17, 15) is 4.79 Å². The first-order valence-corrected chi connectivity index (χ1v) is 5.07. The molecule has 74 valence electrons. The molecule has 0 aromatic heterocycles. The molecule has 1 fully saturated rings. The lowest BCUT2D eigenvalue weighted by molar-refractivity contribution is 0.0953. The summed E-state index contributed by atoms with van der Waals surface area (Å²) in [5.41, 5.74) is 0.760. The van der Waals surface area contributed by atoms with Gasteiger partial charge in [-0.2, -0.15) is 0 Å². The third kappa shape index (κ3) is 1.85. The second-order valence-corrected chi connectivity index (χ2v) is 3.61. The van der Waals surface area contributed by atoms with E-state index in [1.807, 2.05) is 30.3 Å². The molecule has 1 saturated heterocycles. The van der Waals surface area contributed by atoms with Crippen molar-refractivity contribution in [3.05, 3.63) is 35.9 Å². The third-order valence-corrected chi connectivity index (χ3v) is 2.47. The molecule has 2 atom stereocenters. The van der Waals surface area contributed by atoms with Crippen molar-refractivity contribution in [2.75, 3.05) is 0 Å². The second kappa shape index (κ2) is 3.93. The van der Waals surface area contributed by atoms with Crippen molar-refractivity contribution in [2.45, 2.75) is 32.0 Å². The monoisotopic (exact) mass is 190 g/mol. The van der Waals surface area contributed by atoms with Crippen molar-refractivity contribution in [3.63, 3.8) is 0 Å². The summed E-state index contributed by atoms with van der Waals surface area (Å²) in [7, 11) is 0. The predicted molar refractivity (Wildman–Crippen MR) is 54.3 cm³/mol. The van der Waals surface area contributed by atoms with Gasteiger partial charge in [0, 0.05) is 5.56 Å². The van der Waals surface area contributed by atoms with Crippen LogP contribution in [0.2, 0.25) is 0 Å². The molecule has 0 N–H and O–H groups in total. The molecule has 0 spiro atoms. The van der Waals surface area contributed by atoms with Crippen LogP contribution < -0.4 is 0 Å². The van der Waals surface area contributed by atoms with Crippen LogP contribution in [-0.4, -0.2) is 18.0 Å². The van der Waals surface area contributed by atoms with E-state index in [4.69, 9.17) is 4.74 Å². The van der Waals surface area contributed by atoms with Crippen LogP contribution in [0.3, 0.4) is 0 Å². The van der Waals surface area contributed by atoms with Crippen LogP contribution in [0.5, 0.6) is 0 Å². The van der Waals surface area contributed by atoms with Gasteiger partial charge in [0.05, 0.1) is 6.10 Å². The fourth-order valence-corrected chi connectivity index (χ4v) is 1.64. The van der Waals surface area contributed by atoms with E-state index in [-0.39, 0.29) is 18.0 Å². The summed E-state index contributed by atoms with van der Waals surface area (Å²) in [6, 6.07) is 9.35. The van der Waals surface area contributed by atoms with Crippen LogP contribution in [0.25, 0.3) is 0 Å². The highest BCUT2D eigenvalue weighted by molar-refractivity contribution is 6.01. The molecule has 0 radical (unpaired) electrons. The Balaban J connectivity index is 1.98. The number of benzene rings is 1. The molecule has 2 rings (SSSR count). The quantitative estimate of drug-likeness (QED) is 0.539. The van der Waals surface area contributed by atoms with Gasteiger partial charge in [0.1, 0.15) is 6.10 Å². The zero-order valence-corrected chi connectivity index (χ0v) is 8.27. The van der Waals surface area contributed by atoms with Crippen LogP contribution in [0.1, 0.15) is 30.1 Å². The summed E-state index contributed by atoms with van der Waals surface area (Å²) in [5.74, 6) is 0.129. The molecule has 1 heterocycles. The van der Waals surface area contributed by atoms with Crippen molar-refractivity contribution in [3.8, 4) is 0 Å². The number of ketones is 1. The average molecular weight is 190 g/mol. The standard InChI is InChI=1S/C12H14O2/c1-2-6-10-12(14-10)11(13)9-7-4-3-5-8-9/h3-5,7-8,10,12H,2,6H2,1H3/t10-,12+/m0/s1. The Labute approximate surface area is 83.9 Å². The summed E-state index contributed by atoms with van der Waals surface area (Å²) in [6.45, 7) is 2.10. The highest BCUT2D eigenvalue weighted by Crippen LogP contribution is 2.29. The van der Waals surface area contributed by atoms with Crippen molar-refractivity contribution in [2.24, 2.45) is 0 Å². The minimum Gasteiger partial charge on any atom is -0.361 e. The van der Waals surface area contributed by atoms with Crippen molar-refractivity contribution in [1.82, 2.24) is 0 Å². The van der Waals surface area contributed by atoms with E-state index in [1.54, 1.807) is 0 Å². The first kappa shape index (κ1) is 9.41. The number of Topliss-reactive ketones (excluding diaryl/α,β-unsaturated/α-hetero) is 1. The number of ether oxygens (including phenoxy) is 1. The maximum atomic E-state index is 11.8. The SMILES string of the molecule is CCC[C@@H]1O[C@H]1C(=O)c1ccccc1. The molecular weight excluding hydrogens is 176 g/mol. The van der Waals surface area contributed by atoms with Gasteiger partial charge >= 0.3 is 0 Å². The Morgan fingerprint density at radius 3 is 2.71 bits per heavy atom. The van der Waals surface area contributed by atoms with Gasteiger partial charge < -0.3 is 4.74 Å². The zero-order chi connectivity index (χ0) is 9.97. The van der Waals surface area contributed by atoms with Gasteiger partial charge in [0.25, 0.3) is 0 Å². The Morgan fingerprint density at radius 1 is 1.36 bits per heavy atom. The Morgan fingerprint density at radius 2 is 2.07 bits per heavy atom. The first-order valence-electron chi connectivity index (χ1n) is 5.07. The fourth-order valence-electron chi connectivity index (χ4n) is 1.64. The maximum Gasteiger partial charge on any atom is 0.194 e. The molecule has 0 bridgehead atoms. The summed E-state index contributed by atoms with van der Waals surface area (Å²) in [5, 5.41) is 0. The van der Waals surface area contributed by atoms with E-state index in [2.05, 4.69) is 6.92 Å². The van der Waals surface area contributed by atoms with Gasteiger partial charge in [-0.15, -0.1) is 0 Å². The molecule has 2 nitrogen and oxygen atoms in total. The molecule has 1 aromatic carbocycles. The van der Waals surface area contributed by atoms with E-state index in [1.165, 1.54) is 0 Å². The average Bonchev–Trinajstić information content (AvgIpc) is 2.98. The minimum atomic E-state index is -0.169. The van der Waals surface area contributed by atoms with Gasteiger partial charge in [-0.25, -0.2) is 0 Å². The highest BCUT2D eigenvalue weighted by Gasteiger charge is 2.43. The minimum absolute atomic E-state index is 0.129. The van der Waals surface area contributed by atoms with Gasteiger partial charge in [-0.05, 0) is 6.42 Å². The van der Waals surface area contributed by atoms with Crippen LogP contribution in [-0.2, 0) is 4.74 Å². The van der Waals surface area contributed by atoms with Crippen molar-refractivity contribution < 1.29 is 9.53 Å². The molecule has 1 aliphatic heterocycles. The van der Waals surface area contributed by atoms with Gasteiger partial charge in [0.15, 0.2) is 5.78 Å². The number of carbonyl (C=O) groups is 1. The van der Waals surface area contributed by atoms with Crippen LogP contribution >= 0.6 is 0 Å². The maximum absolute atomic E-state index is 11.8. The summed E-state index contributed by atoms with van der Waals surface area (Å²) in [4.78, 5) is 11.8. The summed E-state index contributed by atoms with van der Waals surface area (Å²) in [6.07, 6.45) is 2.07. The molecule has 0 unspecified atom stereocenters. The van der Waals surface area contributed by atoms with Crippen LogP contribution in [0, 0.1) is 0 Å². The Bertz CT molecular complexity index is 318. The first-order chi connectivity index (χ1) is 6.83. The number of rotatable bonds is 4. The van der Waals surface area contributed by atoms with Crippen molar-refractivity contribution in [1.29, 1.82) is 0 Å². The van der Waals surface area contributed by atoms with Crippen molar-refractivity contribution >= 4 is 5.78 Å². The molecule has 1 aromatic rings. The molecule has 2 heteroatoms.